The summed E-state index contributed by atoms with van der Waals surface area (Å²) in [7, 11) is 2.93. The molecule has 0 heterocycles. The smallest absolute Gasteiger partial charge is 0.428 e. The molecule has 6 nitrogen and oxygen atoms in total. The van der Waals surface area contributed by atoms with E-state index in [1.807, 2.05) is 39.8 Å². The predicted molar refractivity (Wildman–Crippen MR) is 83.7 cm³/mol. The van der Waals surface area contributed by atoms with E-state index in [4.69, 9.17) is 0 Å². The zero-order chi connectivity index (χ0) is 16.7. The largest absolute Gasteiger partial charge is 0.469 e. The highest BCUT2D eigenvalue weighted by atomic mass is 16.7. The van der Waals surface area contributed by atoms with Crippen molar-refractivity contribution in [3.8, 4) is 0 Å². The average molecular weight is 302 g/mol. The summed E-state index contributed by atoms with van der Waals surface area (Å²) < 4.78 is 4.64. The number of amides is 1. The van der Waals surface area contributed by atoms with Crippen LogP contribution in [-0.2, 0) is 14.4 Å². The van der Waals surface area contributed by atoms with Crippen molar-refractivity contribution in [2.75, 3.05) is 27.2 Å². The van der Waals surface area contributed by atoms with E-state index in [9.17, 15) is 9.59 Å². The van der Waals surface area contributed by atoms with E-state index in [0.717, 1.165) is 12.8 Å². The van der Waals surface area contributed by atoms with Gasteiger partial charge in [0.25, 0.3) is 0 Å². The van der Waals surface area contributed by atoms with Gasteiger partial charge in [-0.25, -0.2) is 4.79 Å². The van der Waals surface area contributed by atoms with Crippen LogP contribution in [0.2, 0.25) is 0 Å². The van der Waals surface area contributed by atoms with E-state index < -0.39 is 6.09 Å². The highest BCUT2D eigenvalue weighted by molar-refractivity contribution is 5.71. The second kappa shape index (κ2) is 14.8. The first-order chi connectivity index (χ1) is 10.1. The lowest BCUT2D eigenvalue weighted by Crippen LogP contribution is -2.34. The fourth-order valence-corrected chi connectivity index (χ4v) is 1.47. The van der Waals surface area contributed by atoms with Gasteiger partial charge in [0.15, 0.2) is 0 Å². The van der Waals surface area contributed by atoms with Crippen LogP contribution in [0.15, 0.2) is 12.2 Å². The van der Waals surface area contributed by atoms with Crippen molar-refractivity contribution < 1.29 is 19.2 Å². The fourth-order valence-electron chi connectivity index (χ4n) is 1.47. The number of ether oxygens (including phenoxy) is 1. The first kappa shape index (κ1) is 21.7. The molecule has 1 N–H and O–H groups in total. The van der Waals surface area contributed by atoms with Crippen molar-refractivity contribution in [1.29, 1.82) is 0 Å². The van der Waals surface area contributed by atoms with Gasteiger partial charge in [-0.1, -0.05) is 32.9 Å². The molecule has 0 rings (SSSR count). The molecule has 21 heavy (non-hydrogen) atoms. The van der Waals surface area contributed by atoms with Gasteiger partial charge >= 0.3 is 12.1 Å². The quantitative estimate of drug-likeness (QED) is 0.424. The van der Waals surface area contributed by atoms with Gasteiger partial charge in [0.1, 0.15) is 0 Å². The lowest BCUT2D eigenvalue weighted by Gasteiger charge is -2.17. The summed E-state index contributed by atoms with van der Waals surface area (Å²) in [5.41, 5.74) is 2.35. The molecule has 0 saturated heterocycles. The molecule has 0 radical (unpaired) electrons. The highest BCUT2D eigenvalue weighted by Crippen LogP contribution is 2.07. The number of allylic oxidation sites excluding steroid dienone is 1. The lowest BCUT2D eigenvalue weighted by molar-refractivity contribution is -0.144. The molecule has 1 amide bonds. The number of rotatable bonds is 8. The minimum Gasteiger partial charge on any atom is -0.469 e. The number of carbonyl (C=O) groups excluding carboxylic acids is 2. The van der Waals surface area contributed by atoms with E-state index in [-0.39, 0.29) is 11.9 Å². The summed E-state index contributed by atoms with van der Waals surface area (Å²) in [4.78, 5) is 28.8. The number of nitrogens with one attached hydrogen (secondary N) is 1. The fraction of sp³-hybridized carbons (Fsp3) is 0.733. The Labute approximate surface area is 128 Å². The summed E-state index contributed by atoms with van der Waals surface area (Å²) in [6.45, 7) is 8.78. The average Bonchev–Trinajstić information content (AvgIpc) is 2.51. The Morgan fingerprint density at radius 1 is 1.29 bits per heavy atom. The van der Waals surface area contributed by atoms with Gasteiger partial charge in [-0.2, -0.15) is 5.48 Å². The van der Waals surface area contributed by atoms with Gasteiger partial charge in [-0.3, -0.25) is 4.79 Å². The molecule has 0 spiro atoms. The maximum atomic E-state index is 11.4. The number of likely N-dealkylation sites (N-methyl/N-ethyl adjacent to an activating group) is 1. The summed E-state index contributed by atoms with van der Waals surface area (Å²) in [5, 5.41) is 0. The zero-order valence-corrected chi connectivity index (χ0v) is 14.1. The summed E-state index contributed by atoms with van der Waals surface area (Å²) >= 11 is 0. The molecule has 1 atom stereocenters. The van der Waals surface area contributed by atoms with Crippen LogP contribution in [-0.4, -0.2) is 44.2 Å². The van der Waals surface area contributed by atoms with Crippen LogP contribution in [0.5, 0.6) is 0 Å². The van der Waals surface area contributed by atoms with Crippen LogP contribution in [0.4, 0.5) is 4.79 Å². The molecule has 0 aliphatic carbocycles. The van der Waals surface area contributed by atoms with Gasteiger partial charge in [0, 0.05) is 20.1 Å². The third-order valence-corrected chi connectivity index (χ3v) is 2.69. The number of methoxy groups -OCH3 is 1. The van der Waals surface area contributed by atoms with Crippen LogP contribution in [0, 0.1) is 5.92 Å². The van der Waals surface area contributed by atoms with Gasteiger partial charge in [0.05, 0.1) is 13.0 Å². The second-order valence-corrected chi connectivity index (χ2v) is 4.08. The van der Waals surface area contributed by atoms with E-state index in [0.29, 0.717) is 13.1 Å². The van der Waals surface area contributed by atoms with Gasteiger partial charge < -0.3 is 14.5 Å². The van der Waals surface area contributed by atoms with Crippen molar-refractivity contribution in [2.45, 2.75) is 40.5 Å². The van der Waals surface area contributed by atoms with Gasteiger partial charge in [-0.15, -0.1) is 0 Å². The van der Waals surface area contributed by atoms with Crippen LogP contribution >= 0.6 is 0 Å². The second-order valence-electron chi connectivity index (χ2n) is 4.08. The number of carbonyl (C=O) groups is 2. The van der Waals surface area contributed by atoms with Crippen molar-refractivity contribution in [3.63, 3.8) is 0 Å². The van der Waals surface area contributed by atoms with Crippen LogP contribution in [0.1, 0.15) is 40.5 Å². The summed E-state index contributed by atoms with van der Waals surface area (Å²) in [6, 6.07) is 0. The SMILES string of the molecule is CC.CCN(C/C=C\CC[C@H](C)C(=O)OC)C(=O)ONC. The first-order valence-electron chi connectivity index (χ1n) is 7.42. The highest BCUT2D eigenvalue weighted by Gasteiger charge is 2.12. The molecule has 0 aromatic carbocycles. The molecule has 0 bridgehead atoms. The number of nitrogens with zero attached hydrogens (tertiary/aromatic N) is 1. The van der Waals surface area contributed by atoms with Crippen LogP contribution in [0.3, 0.4) is 0 Å². The Morgan fingerprint density at radius 3 is 2.38 bits per heavy atom. The molecule has 124 valence electrons. The van der Waals surface area contributed by atoms with Gasteiger partial charge in [-0.05, 0) is 19.8 Å². The Morgan fingerprint density at radius 2 is 1.90 bits per heavy atom. The molecule has 0 aliphatic rings. The van der Waals surface area contributed by atoms with Crippen molar-refractivity contribution in [1.82, 2.24) is 10.4 Å². The Hall–Kier alpha value is -1.56. The van der Waals surface area contributed by atoms with Crippen LogP contribution < -0.4 is 5.48 Å². The van der Waals surface area contributed by atoms with E-state index >= 15 is 0 Å². The normalized spacial score (nSPS) is 11.3. The molecule has 0 fully saturated rings. The predicted octanol–water partition coefficient (Wildman–Crippen LogP) is 2.75. The molecule has 0 aliphatic heterocycles. The third kappa shape index (κ3) is 10.8. The molecule has 0 aromatic heterocycles. The maximum absolute atomic E-state index is 11.4. The molecule has 0 aromatic rings. The Kier molecular flexibility index (Phi) is 15.4. The maximum Gasteiger partial charge on any atom is 0.428 e. The standard InChI is InChI=1S/C13H24N2O4.C2H6/c1-5-15(13(17)19-14-3)10-8-6-7-9-11(2)12(16)18-4;1-2/h6,8,11,14H,5,7,9-10H2,1-4H3;1-2H3/b8-6-;/t11-;/m0./s1. The van der Waals surface area contributed by atoms with E-state index in [1.54, 1.807) is 4.90 Å². The van der Waals surface area contributed by atoms with Crippen molar-refractivity contribution in [3.05, 3.63) is 12.2 Å². The Balaban J connectivity index is 0. The van der Waals surface area contributed by atoms with Crippen LogP contribution in [0.25, 0.3) is 0 Å². The lowest BCUT2D eigenvalue weighted by atomic mass is 10.1. The van der Waals surface area contributed by atoms with E-state index in [1.165, 1.54) is 14.2 Å². The summed E-state index contributed by atoms with van der Waals surface area (Å²) in [5.74, 6) is -0.299. The molecular formula is C15H30N2O4. The molecule has 0 saturated carbocycles. The van der Waals surface area contributed by atoms with Gasteiger partial charge in [0.2, 0.25) is 0 Å². The van der Waals surface area contributed by atoms with Crippen molar-refractivity contribution in [2.24, 2.45) is 5.92 Å². The summed E-state index contributed by atoms with van der Waals surface area (Å²) in [6.07, 6.45) is 4.95. The third-order valence-electron chi connectivity index (χ3n) is 2.69. The Bertz CT molecular complexity index is 306. The monoisotopic (exact) mass is 302 g/mol. The minimum atomic E-state index is -0.405. The molecule has 0 unspecified atom stereocenters. The number of esters is 1. The number of hydroxylamine groups is 1. The first-order valence-corrected chi connectivity index (χ1v) is 7.42. The molecular weight excluding hydrogens is 272 g/mol. The van der Waals surface area contributed by atoms with E-state index in [2.05, 4.69) is 15.1 Å². The zero-order valence-electron chi connectivity index (χ0n) is 14.1. The topological polar surface area (TPSA) is 67.9 Å². The molecule has 6 heteroatoms. The van der Waals surface area contributed by atoms with Crippen molar-refractivity contribution >= 4 is 12.1 Å². The number of hydrogen-bond acceptors (Lipinski definition) is 5. The minimum absolute atomic E-state index is 0.105. The number of hydrogen-bond donors (Lipinski definition) is 1.